The third kappa shape index (κ3) is 8.47. The molecule has 46 heavy (non-hydrogen) atoms. The number of halogens is 1. The summed E-state index contributed by atoms with van der Waals surface area (Å²) < 4.78 is 34.9. The molecule has 0 spiro atoms. The van der Waals surface area contributed by atoms with Gasteiger partial charge in [-0.15, -0.1) is 0 Å². The Morgan fingerprint density at radius 2 is 1.52 bits per heavy atom. The Morgan fingerprint density at radius 1 is 0.891 bits per heavy atom. The summed E-state index contributed by atoms with van der Waals surface area (Å²) in [6.07, 6.45) is 0.922. The third-order valence-electron chi connectivity index (χ3n) is 7.88. The van der Waals surface area contributed by atoms with Gasteiger partial charge in [0.25, 0.3) is 10.0 Å². The molecule has 8 nitrogen and oxygen atoms in total. The number of anilines is 1. The number of rotatable bonds is 14. The van der Waals surface area contributed by atoms with Crippen molar-refractivity contribution in [2.75, 3.05) is 18.0 Å². The number of amides is 2. The lowest BCUT2D eigenvalue weighted by Crippen LogP contribution is -2.54. The van der Waals surface area contributed by atoms with Gasteiger partial charge in [-0.3, -0.25) is 13.9 Å². The van der Waals surface area contributed by atoms with E-state index in [-0.39, 0.29) is 35.5 Å². The SMILES string of the molecule is CCC(C)NC(=O)C(Cc1ccccc1)N(Cc1cccc(OC)c1)C(=O)CN(c1cccc(Cl)c1C)S(=O)(=O)c1ccccc1. The molecule has 0 saturated heterocycles. The molecule has 0 fully saturated rings. The lowest BCUT2D eigenvalue weighted by molar-refractivity contribution is -0.140. The summed E-state index contributed by atoms with van der Waals surface area (Å²) in [5, 5.41) is 3.41. The first-order valence-electron chi connectivity index (χ1n) is 15.1. The number of ether oxygens (including phenoxy) is 1. The minimum absolute atomic E-state index is 0.0249. The predicted molar refractivity (Wildman–Crippen MR) is 183 cm³/mol. The summed E-state index contributed by atoms with van der Waals surface area (Å²) in [5.74, 6) is -0.288. The van der Waals surface area contributed by atoms with Crippen molar-refractivity contribution >= 4 is 39.1 Å². The van der Waals surface area contributed by atoms with Gasteiger partial charge in [0, 0.05) is 24.0 Å². The molecule has 0 radical (unpaired) electrons. The normalized spacial score (nSPS) is 12.5. The van der Waals surface area contributed by atoms with E-state index in [1.807, 2.05) is 56.3 Å². The zero-order valence-corrected chi connectivity index (χ0v) is 28.1. The Bertz CT molecular complexity index is 1740. The number of carbonyl (C=O) groups is 2. The smallest absolute Gasteiger partial charge is 0.264 e. The van der Waals surface area contributed by atoms with E-state index in [2.05, 4.69) is 5.32 Å². The van der Waals surface area contributed by atoms with Crippen molar-refractivity contribution in [1.29, 1.82) is 0 Å². The molecule has 0 aliphatic rings. The first kappa shape index (κ1) is 34.5. The Kier molecular flexibility index (Phi) is 11.8. The topological polar surface area (TPSA) is 96.0 Å². The Hall–Kier alpha value is -4.34. The number of nitrogens with one attached hydrogen (secondary N) is 1. The molecule has 0 bridgehead atoms. The second-order valence-electron chi connectivity index (χ2n) is 11.1. The summed E-state index contributed by atoms with van der Waals surface area (Å²) in [6.45, 7) is 5.05. The lowest BCUT2D eigenvalue weighted by atomic mass is 10.0. The number of methoxy groups -OCH3 is 1. The van der Waals surface area contributed by atoms with Crippen LogP contribution >= 0.6 is 11.6 Å². The van der Waals surface area contributed by atoms with Crippen molar-refractivity contribution < 1.29 is 22.7 Å². The summed E-state index contributed by atoms with van der Waals surface area (Å²) in [4.78, 5) is 30.1. The number of nitrogens with zero attached hydrogens (tertiary/aromatic N) is 2. The van der Waals surface area contributed by atoms with Crippen LogP contribution < -0.4 is 14.4 Å². The largest absolute Gasteiger partial charge is 0.497 e. The maximum atomic E-state index is 14.6. The number of benzene rings is 4. The van der Waals surface area contributed by atoms with Gasteiger partial charge in [0.1, 0.15) is 18.3 Å². The van der Waals surface area contributed by atoms with E-state index in [4.69, 9.17) is 16.3 Å². The van der Waals surface area contributed by atoms with Gasteiger partial charge in [-0.25, -0.2) is 8.42 Å². The molecule has 4 aromatic rings. The van der Waals surface area contributed by atoms with Gasteiger partial charge in [0.2, 0.25) is 11.8 Å². The van der Waals surface area contributed by atoms with Crippen LogP contribution in [0.2, 0.25) is 5.02 Å². The molecular formula is C36H40ClN3O5S. The van der Waals surface area contributed by atoms with Crippen LogP contribution in [-0.4, -0.2) is 50.9 Å². The van der Waals surface area contributed by atoms with Crippen LogP contribution in [0.3, 0.4) is 0 Å². The highest BCUT2D eigenvalue weighted by molar-refractivity contribution is 7.92. The minimum atomic E-state index is -4.23. The number of hydrogen-bond donors (Lipinski definition) is 1. The highest BCUT2D eigenvalue weighted by Gasteiger charge is 2.35. The van der Waals surface area contributed by atoms with E-state index in [0.29, 0.717) is 22.8 Å². The molecule has 0 aliphatic heterocycles. The second kappa shape index (κ2) is 15.8. The van der Waals surface area contributed by atoms with Crippen LogP contribution in [0.5, 0.6) is 5.75 Å². The van der Waals surface area contributed by atoms with Gasteiger partial charge in [-0.1, -0.05) is 85.3 Å². The Labute approximate surface area is 277 Å². The molecule has 242 valence electrons. The average molecular weight is 662 g/mol. The molecule has 0 saturated carbocycles. The fourth-order valence-electron chi connectivity index (χ4n) is 5.06. The van der Waals surface area contributed by atoms with Crippen molar-refractivity contribution in [3.05, 3.63) is 125 Å². The lowest BCUT2D eigenvalue weighted by Gasteiger charge is -2.34. The molecule has 4 aromatic carbocycles. The molecule has 10 heteroatoms. The Balaban J connectivity index is 1.84. The van der Waals surface area contributed by atoms with Crippen molar-refractivity contribution in [2.24, 2.45) is 0 Å². The fourth-order valence-corrected chi connectivity index (χ4v) is 6.72. The second-order valence-corrected chi connectivity index (χ2v) is 13.4. The van der Waals surface area contributed by atoms with Crippen LogP contribution in [0.15, 0.2) is 108 Å². The van der Waals surface area contributed by atoms with Crippen molar-refractivity contribution in [3.63, 3.8) is 0 Å². The summed E-state index contributed by atoms with van der Waals surface area (Å²) in [5.41, 5.74) is 2.36. The van der Waals surface area contributed by atoms with Crippen LogP contribution in [0.25, 0.3) is 0 Å². The van der Waals surface area contributed by atoms with E-state index in [9.17, 15) is 18.0 Å². The van der Waals surface area contributed by atoms with E-state index in [0.717, 1.165) is 15.4 Å². The maximum Gasteiger partial charge on any atom is 0.264 e. The van der Waals surface area contributed by atoms with Gasteiger partial charge in [-0.2, -0.15) is 0 Å². The predicted octanol–water partition coefficient (Wildman–Crippen LogP) is 6.41. The highest BCUT2D eigenvalue weighted by atomic mass is 35.5. The van der Waals surface area contributed by atoms with Crippen LogP contribution in [0, 0.1) is 6.92 Å². The highest BCUT2D eigenvalue weighted by Crippen LogP contribution is 2.31. The third-order valence-corrected chi connectivity index (χ3v) is 10.1. The zero-order chi connectivity index (χ0) is 33.3. The molecule has 2 atom stereocenters. The van der Waals surface area contributed by atoms with Gasteiger partial charge < -0.3 is 15.0 Å². The molecule has 2 unspecified atom stereocenters. The zero-order valence-electron chi connectivity index (χ0n) is 26.5. The molecule has 2 amide bonds. The number of sulfonamides is 1. The van der Waals surface area contributed by atoms with Crippen molar-refractivity contribution in [1.82, 2.24) is 10.2 Å². The Morgan fingerprint density at radius 3 is 2.17 bits per heavy atom. The average Bonchev–Trinajstić information content (AvgIpc) is 3.07. The van der Waals surface area contributed by atoms with Crippen LogP contribution in [0.4, 0.5) is 5.69 Å². The monoisotopic (exact) mass is 661 g/mol. The van der Waals surface area contributed by atoms with Gasteiger partial charge >= 0.3 is 0 Å². The molecule has 0 aliphatic carbocycles. The van der Waals surface area contributed by atoms with E-state index in [1.165, 1.54) is 17.0 Å². The van der Waals surface area contributed by atoms with Crippen LogP contribution in [0.1, 0.15) is 37.0 Å². The molecule has 1 N–H and O–H groups in total. The summed E-state index contributed by atoms with van der Waals surface area (Å²) in [7, 11) is -2.67. The van der Waals surface area contributed by atoms with Crippen LogP contribution in [-0.2, 0) is 32.6 Å². The van der Waals surface area contributed by atoms with Gasteiger partial charge in [0.05, 0.1) is 17.7 Å². The number of hydrogen-bond acceptors (Lipinski definition) is 5. The van der Waals surface area contributed by atoms with Gasteiger partial charge in [-0.05, 0) is 73.4 Å². The molecule has 0 heterocycles. The van der Waals surface area contributed by atoms with Crippen molar-refractivity contribution in [2.45, 2.75) is 57.1 Å². The van der Waals surface area contributed by atoms with Crippen molar-refractivity contribution in [3.8, 4) is 5.75 Å². The van der Waals surface area contributed by atoms with E-state index in [1.54, 1.807) is 62.6 Å². The quantitative estimate of drug-likeness (QED) is 0.169. The summed E-state index contributed by atoms with van der Waals surface area (Å²) in [6, 6.07) is 28.5. The fraction of sp³-hybridized carbons (Fsp3) is 0.278. The first-order chi connectivity index (χ1) is 22.0. The standard InChI is InChI=1S/C36H40ClN3O5S/c1-5-26(2)38-36(42)34(23-28-14-8-6-9-15-28)39(24-29-16-12-17-30(22-29)45-4)35(41)25-40(33-21-13-20-32(37)27(33)3)46(43,44)31-18-10-7-11-19-31/h6-22,26,34H,5,23-25H2,1-4H3,(H,38,42). The first-order valence-corrected chi connectivity index (χ1v) is 17.0. The minimum Gasteiger partial charge on any atom is -0.497 e. The maximum absolute atomic E-state index is 14.6. The van der Waals surface area contributed by atoms with Gasteiger partial charge in [0.15, 0.2) is 0 Å². The molecular weight excluding hydrogens is 622 g/mol. The number of carbonyl (C=O) groups excluding carboxylic acids is 2. The van der Waals surface area contributed by atoms with E-state index >= 15 is 0 Å². The molecule has 0 aromatic heterocycles. The van der Waals surface area contributed by atoms with E-state index < -0.39 is 28.5 Å². The summed E-state index contributed by atoms with van der Waals surface area (Å²) >= 11 is 6.45. The molecule has 4 rings (SSSR count).